The van der Waals surface area contributed by atoms with E-state index in [1.807, 2.05) is 25.1 Å². The minimum atomic E-state index is 0.117. The Hall–Kier alpha value is -1.63. The van der Waals surface area contributed by atoms with Crippen molar-refractivity contribution < 1.29 is 9.52 Å². The lowest BCUT2D eigenvalue weighted by molar-refractivity contribution is 0.305. The monoisotopic (exact) mass is 272 g/mol. The minimum absolute atomic E-state index is 0.117. The van der Waals surface area contributed by atoms with Crippen LogP contribution in [0.25, 0.3) is 0 Å². The Balaban J connectivity index is 1.92. The molecule has 1 N–H and O–H groups in total. The lowest BCUT2D eigenvalue weighted by Crippen LogP contribution is -1.82. The zero-order valence-corrected chi connectivity index (χ0v) is 11.7. The number of rotatable bonds is 4. The van der Waals surface area contributed by atoms with Gasteiger partial charge in [-0.05, 0) is 30.7 Å². The zero-order chi connectivity index (χ0) is 13.5. The third kappa shape index (κ3) is 4.20. The van der Waals surface area contributed by atoms with Crippen LogP contribution in [0.5, 0.6) is 0 Å². The number of aryl methyl sites for hydroxylation is 1. The Morgan fingerprint density at radius 1 is 1.21 bits per heavy atom. The van der Waals surface area contributed by atoms with Crippen molar-refractivity contribution in [1.29, 1.82) is 0 Å². The number of furan rings is 1. The van der Waals surface area contributed by atoms with Crippen molar-refractivity contribution in [3.8, 4) is 11.8 Å². The molecule has 0 radical (unpaired) electrons. The van der Waals surface area contributed by atoms with E-state index in [0.29, 0.717) is 6.42 Å². The van der Waals surface area contributed by atoms with E-state index in [1.54, 1.807) is 18.0 Å². The first-order valence-electron chi connectivity index (χ1n) is 6.15. The number of hydrogen-bond donors (Lipinski definition) is 1. The average Bonchev–Trinajstić information content (AvgIpc) is 2.84. The highest BCUT2D eigenvalue weighted by atomic mass is 32.2. The van der Waals surface area contributed by atoms with Gasteiger partial charge in [-0.15, -0.1) is 11.8 Å². The van der Waals surface area contributed by atoms with Gasteiger partial charge in [0, 0.05) is 22.6 Å². The van der Waals surface area contributed by atoms with Crippen LogP contribution < -0.4 is 0 Å². The van der Waals surface area contributed by atoms with Crippen LogP contribution in [0.15, 0.2) is 45.9 Å². The minimum Gasteiger partial charge on any atom is -0.468 e. The molecule has 0 fully saturated rings. The summed E-state index contributed by atoms with van der Waals surface area (Å²) in [6.45, 7) is 2.09. The Morgan fingerprint density at radius 3 is 2.63 bits per heavy atom. The van der Waals surface area contributed by atoms with E-state index in [4.69, 9.17) is 9.52 Å². The molecule has 0 atom stereocenters. The molecule has 19 heavy (non-hydrogen) atoms. The molecule has 0 saturated heterocycles. The Bertz CT molecular complexity index is 573. The van der Waals surface area contributed by atoms with Crippen LogP contribution in [0.1, 0.15) is 23.3 Å². The van der Waals surface area contributed by atoms with E-state index < -0.39 is 0 Å². The predicted molar refractivity (Wildman–Crippen MR) is 78.0 cm³/mol. The van der Waals surface area contributed by atoms with Gasteiger partial charge in [-0.25, -0.2) is 0 Å². The topological polar surface area (TPSA) is 33.4 Å². The smallest absolute Gasteiger partial charge is 0.114 e. The summed E-state index contributed by atoms with van der Waals surface area (Å²) < 4.78 is 5.27. The normalized spacial score (nSPS) is 10.0. The molecular formula is C16H16O2S. The van der Waals surface area contributed by atoms with Crippen molar-refractivity contribution in [2.75, 3.05) is 6.61 Å². The lowest BCUT2D eigenvalue weighted by Gasteiger charge is -2.01. The van der Waals surface area contributed by atoms with E-state index in [9.17, 15) is 0 Å². The lowest BCUT2D eigenvalue weighted by atomic mass is 10.1. The Kier molecular flexibility index (Phi) is 5.14. The van der Waals surface area contributed by atoms with Gasteiger partial charge in [-0.1, -0.05) is 24.0 Å². The maximum atomic E-state index is 8.66. The second kappa shape index (κ2) is 7.08. The summed E-state index contributed by atoms with van der Waals surface area (Å²) in [5, 5.41) is 8.66. The molecule has 0 bridgehead atoms. The van der Waals surface area contributed by atoms with E-state index in [1.165, 1.54) is 10.5 Å². The molecule has 0 aliphatic heterocycles. The van der Waals surface area contributed by atoms with Crippen molar-refractivity contribution in [2.45, 2.75) is 24.0 Å². The molecule has 2 nitrogen and oxygen atoms in total. The molecule has 0 spiro atoms. The fraction of sp³-hybridized carbons (Fsp3) is 0.250. The third-order valence-corrected chi connectivity index (χ3v) is 3.84. The summed E-state index contributed by atoms with van der Waals surface area (Å²) in [7, 11) is 0. The standard InChI is InChI=1S/C16H16O2S/c1-13-16(9-11-18-13)19-12-15-7-5-14(6-8-15)4-2-3-10-17/h5-9,11,17H,3,10,12H2,1H3. The molecular weight excluding hydrogens is 256 g/mol. The van der Waals surface area contributed by atoms with Crippen molar-refractivity contribution in [3.05, 3.63) is 53.5 Å². The van der Waals surface area contributed by atoms with Crippen LogP contribution in [-0.2, 0) is 5.75 Å². The van der Waals surface area contributed by atoms with Crippen LogP contribution in [0.2, 0.25) is 0 Å². The number of benzene rings is 1. The maximum Gasteiger partial charge on any atom is 0.114 e. The molecule has 3 heteroatoms. The van der Waals surface area contributed by atoms with Gasteiger partial charge in [0.15, 0.2) is 0 Å². The first-order chi connectivity index (χ1) is 9.29. The largest absolute Gasteiger partial charge is 0.468 e. The first kappa shape index (κ1) is 13.8. The Labute approximate surface area is 117 Å². The molecule has 0 aliphatic carbocycles. The maximum absolute atomic E-state index is 8.66. The predicted octanol–water partition coefficient (Wildman–Crippen LogP) is 3.61. The third-order valence-electron chi connectivity index (χ3n) is 2.63. The average molecular weight is 272 g/mol. The molecule has 1 aromatic heterocycles. The molecule has 2 aromatic rings. The van der Waals surface area contributed by atoms with Crippen molar-refractivity contribution >= 4 is 11.8 Å². The first-order valence-corrected chi connectivity index (χ1v) is 7.13. The van der Waals surface area contributed by atoms with Crippen LogP contribution in [0.3, 0.4) is 0 Å². The zero-order valence-electron chi connectivity index (χ0n) is 10.8. The van der Waals surface area contributed by atoms with Crippen LogP contribution in [0.4, 0.5) is 0 Å². The number of aliphatic hydroxyl groups is 1. The van der Waals surface area contributed by atoms with E-state index >= 15 is 0 Å². The molecule has 98 valence electrons. The van der Waals surface area contributed by atoms with Gasteiger partial charge in [-0.2, -0.15) is 0 Å². The second-order valence-electron chi connectivity index (χ2n) is 4.10. The summed E-state index contributed by atoms with van der Waals surface area (Å²) in [5.74, 6) is 7.83. The second-order valence-corrected chi connectivity index (χ2v) is 5.12. The number of thioether (sulfide) groups is 1. The summed E-state index contributed by atoms with van der Waals surface area (Å²) in [4.78, 5) is 1.19. The van der Waals surface area contributed by atoms with Gasteiger partial charge in [0.25, 0.3) is 0 Å². The summed E-state index contributed by atoms with van der Waals surface area (Å²) in [6, 6.07) is 10.2. The van der Waals surface area contributed by atoms with Gasteiger partial charge in [0.05, 0.1) is 12.9 Å². The van der Waals surface area contributed by atoms with E-state index in [-0.39, 0.29) is 6.61 Å². The van der Waals surface area contributed by atoms with Crippen LogP contribution in [-0.4, -0.2) is 11.7 Å². The van der Waals surface area contributed by atoms with Crippen molar-refractivity contribution in [1.82, 2.24) is 0 Å². The van der Waals surface area contributed by atoms with Crippen LogP contribution >= 0.6 is 11.8 Å². The highest BCUT2D eigenvalue weighted by molar-refractivity contribution is 7.98. The van der Waals surface area contributed by atoms with Crippen molar-refractivity contribution in [3.63, 3.8) is 0 Å². The number of aliphatic hydroxyl groups excluding tert-OH is 1. The van der Waals surface area contributed by atoms with E-state index in [2.05, 4.69) is 24.0 Å². The molecule has 0 amide bonds. The molecule has 0 unspecified atom stereocenters. The van der Waals surface area contributed by atoms with Crippen molar-refractivity contribution in [2.24, 2.45) is 0 Å². The van der Waals surface area contributed by atoms with Gasteiger partial charge in [0.2, 0.25) is 0 Å². The summed E-state index contributed by atoms with van der Waals surface area (Å²) >= 11 is 1.77. The van der Waals surface area contributed by atoms with Gasteiger partial charge in [0.1, 0.15) is 5.76 Å². The molecule has 1 aromatic carbocycles. The highest BCUT2D eigenvalue weighted by Gasteiger charge is 2.02. The molecule has 2 rings (SSSR count). The van der Waals surface area contributed by atoms with E-state index in [0.717, 1.165) is 17.1 Å². The summed E-state index contributed by atoms with van der Waals surface area (Å²) in [6.07, 6.45) is 2.24. The SMILES string of the molecule is Cc1occc1SCc1ccc(C#CCCO)cc1. The fourth-order valence-corrected chi connectivity index (χ4v) is 2.51. The number of hydrogen-bond acceptors (Lipinski definition) is 3. The van der Waals surface area contributed by atoms with Gasteiger partial charge >= 0.3 is 0 Å². The Morgan fingerprint density at radius 2 is 2.00 bits per heavy atom. The fourth-order valence-electron chi connectivity index (χ4n) is 1.59. The molecule has 1 heterocycles. The quantitative estimate of drug-likeness (QED) is 0.682. The summed E-state index contributed by atoms with van der Waals surface area (Å²) in [5.41, 5.74) is 2.25. The molecule has 0 aliphatic rings. The van der Waals surface area contributed by atoms with Gasteiger partial charge in [-0.3, -0.25) is 0 Å². The molecule has 0 saturated carbocycles. The van der Waals surface area contributed by atoms with Gasteiger partial charge < -0.3 is 9.52 Å². The van der Waals surface area contributed by atoms with Crippen LogP contribution in [0, 0.1) is 18.8 Å². The highest BCUT2D eigenvalue weighted by Crippen LogP contribution is 2.26.